The van der Waals surface area contributed by atoms with Crippen molar-refractivity contribution >= 4 is 23.6 Å². The molecule has 0 fully saturated rings. The van der Waals surface area contributed by atoms with Crippen molar-refractivity contribution in [1.29, 1.82) is 0 Å². The molecule has 0 saturated heterocycles. The van der Waals surface area contributed by atoms with E-state index in [-0.39, 0.29) is 5.97 Å². The Kier molecular flexibility index (Phi) is 5.07. The second kappa shape index (κ2) is 7.01. The average molecular weight is 287 g/mol. The van der Waals surface area contributed by atoms with Gasteiger partial charge in [-0.3, -0.25) is 0 Å². The van der Waals surface area contributed by atoms with Gasteiger partial charge in [0.2, 0.25) is 0 Å². The lowest BCUT2D eigenvalue weighted by molar-refractivity contribution is 0.0522. The molecule has 3 nitrogen and oxygen atoms in total. The molecule has 2 rings (SSSR count). The van der Waals surface area contributed by atoms with Crippen molar-refractivity contribution in [3.63, 3.8) is 0 Å². The Labute approximate surface area is 123 Å². The van der Waals surface area contributed by atoms with E-state index in [0.717, 1.165) is 10.6 Å². The molecule has 0 atom stereocenters. The third kappa shape index (κ3) is 3.78. The molecular formula is C16H17NO2S. The summed E-state index contributed by atoms with van der Waals surface area (Å²) < 4.78 is 8.29. The maximum absolute atomic E-state index is 11.9. The maximum atomic E-state index is 11.9. The monoisotopic (exact) mass is 287 g/mol. The standard InChI is InChI=1S/C16H17NO2S/c1-3-19-16(18)14-6-4-5-7-15(14)20-17-13-10-8-12(2)9-11-13/h4-11,17H,3H2,1-2H3. The van der Waals surface area contributed by atoms with Crippen molar-refractivity contribution in [1.82, 2.24) is 0 Å². The van der Waals surface area contributed by atoms with Gasteiger partial charge in [-0.2, -0.15) is 0 Å². The summed E-state index contributed by atoms with van der Waals surface area (Å²) in [5, 5.41) is 0. The maximum Gasteiger partial charge on any atom is 0.339 e. The number of carbonyl (C=O) groups is 1. The fourth-order valence-electron chi connectivity index (χ4n) is 1.67. The molecule has 0 heterocycles. The van der Waals surface area contributed by atoms with Crippen LogP contribution in [0.5, 0.6) is 0 Å². The van der Waals surface area contributed by atoms with Gasteiger partial charge < -0.3 is 9.46 Å². The first-order valence-electron chi connectivity index (χ1n) is 6.46. The predicted molar refractivity (Wildman–Crippen MR) is 83.1 cm³/mol. The van der Waals surface area contributed by atoms with E-state index in [0.29, 0.717) is 12.2 Å². The van der Waals surface area contributed by atoms with Crippen molar-refractivity contribution in [3.8, 4) is 0 Å². The Balaban J connectivity index is 2.09. The molecule has 0 saturated carbocycles. The number of esters is 1. The van der Waals surface area contributed by atoms with Crippen LogP contribution in [-0.2, 0) is 4.74 Å². The number of benzene rings is 2. The van der Waals surface area contributed by atoms with Crippen LogP contribution in [0, 0.1) is 6.92 Å². The van der Waals surface area contributed by atoms with Gasteiger partial charge in [0, 0.05) is 10.6 Å². The van der Waals surface area contributed by atoms with Gasteiger partial charge in [0.15, 0.2) is 0 Å². The topological polar surface area (TPSA) is 38.3 Å². The summed E-state index contributed by atoms with van der Waals surface area (Å²) in [7, 11) is 0. The molecule has 0 aromatic heterocycles. The van der Waals surface area contributed by atoms with Gasteiger partial charge in [-0.25, -0.2) is 4.79 Å². The minimum atomic E-state index is -0.290. The van der Waals surface area contributed by atoms with Gasteiger partial charge in [-0.15, -0.1) is 0 Å². The van der Waals surface area contributed by atoms with Crippen molar-refractivity contribution < 1.29 is 9.53 Å². The molecule has 2 aromatic carbocycles. The Morgan fingerprint density at radius 1 is 1.15 bits per heavy atom. The number of nitrogens with one attached hydrogen (secondary N) is 1. The first-order chi connectivity index (χ1) is 9.70. The van der Waals surface area contributed by atoms with E-state index in [1.807, 2.05) is 49.4 Å². The van der Waals surface area contributed by atoms with Crippen LogP contribution in [0.3, 0.4) is 0 Å². The molecule has 0 radical (unpaired) electrons. The zero-order valence-electron chi connectivity index (χ0n) is 11.6. The van der Waals surface area contributed by atoms with Gasteiger partial charge in [0.05, 0.1) is 12.2 Å². The Hall–Kier alpha value is -1.94. The number of rotatable bonds is 5. The number of hydrogen-bond donors (Lipinski definition) is 1. The minimum Gasteiger partial charge on any atom is -0.462 e. The van der Waals surface area contributed by atoms with E-state index >= 15 is 0 Å². The number of aryl methyl sites for hydroxylation is 1. The minimum absolute atomic E-state index is 0.290. The molecule has 0 spiro atoms. The van der Waals surface area contributed by atoms with Gasteiger partial charge in [-0.1, -0.05) is 29.8 Å². The number of hydrogen-bond acceptors (Lipinski definition) is 4. The lowest BCUT2D eigenvalue weighted by Crippen LogP contribution is -2.06. The van der Waals surface area contributed by atoms with E-state index in [1.54, 1.807) is 13.0 Å². The average Bonchev–Trinajstić information content (AvgIpc) is 2.47. The van der Waals surface area contributed by atoms with Gasteiger partial charge in [-0.05, 0) is 50.1 Å². The smallest absolute Gasteiger partial charge is 0.339 e. The van der Waals surface area contributed by atoms with E-state index in [9.17, 15) is 4.79 Å². The van der Waals surface area contributed by atoms with Crippen LogP contribution in [0.4, 0.5) is 5.69 Å². The fraction of sp³-hybridized carbons (Fsp3) is 0.188. The van der Waals surface area contributed by atoms with Crippen LogP contribution in [0.2, 0.25) is 0 Å². The third-order valence-corrected chi connectivity index (χ3v) is 3.63. The largest absolute Gasteiger partial charge is 0.462 e. The molecule has 4 heteroatoms. The van der Waals surface area contributed by atoms with E-state index in [1.165, 1.54) is 17.5 Å². The lowest BCUT2D eigenvalue weighted by Gasteiger charge is -2.09. The molecule has 0 amide bonds. The summed E-state index contributed by atoms with van der Waals surface area (Å²) in [5.41, 5.74) is 2.80. The van der Waals surface area contributed by atoms with Crippen molar-refractivity contribution in [3.05, 3.63) is 59.7 Å². The van der Waals surface area contributed by atoms with Gasteiger partial charge >= 0.3 is 5.97 Å². The molecule has 0 aliphatic rings. The van der Waals surface area contributed by atoms with Crippen LogP contribution in [0.25, 0.3) is 0 Å². The molecule has 0 aliphatic carbocycles. The van der Waals surface area contributed by atoms with Crippen molar-refractivity contribution in [2.45, 2.75) is 18.7 Å². The van der Waals surface area contributed by atoms with E-state index < -0.39 is 0 Å². The summed E-state index contributed by atoms with van der Waals surface area (Å²) >= 11 is 1.41. The zero-order valence-corrected chi connectivity index (χ0v) is 12.4. The normalized spacial score (nSPS) is 10.1. The Morgan fingerprint density at radius 3 is 2.55 bits per heavy atom. The van der Waals surface area contributed by atoms with E-state index in [4.69, 9.17) is 4.74 Å². The van der Waals surface area contributed by atoms with E-state index in [2.05, 4.69) is 4.72 Å². The molecule has 0 aliphatic heterocycles. The van der Waals surface area contributed by atoms with Gasteiger partial charge in [0.1, 0.15) is 0 Å². The second-order valence-corrected chi connectivity index (χ2v) is 5.13. The molecule has 20 heavy (non-hydrogen) atoms. The van der Waals surface area contributed by atoms with Crippen LogP contribution in [-0.4, -0.2) is 12.6 Å². The highest BCUT2D eigenvalue weighted by atomic mass is 32.2. The van der Waals surface area contributed by atoms with Crippen LogP contribution >= 0.6 is 11.9 Å². The lowest BCUT2D eigenvalue weighted by atomic mass is 10.2. The molecular weight excluding hydrogens is 270 g/mol. The van der Waals surface area contributed by atoms with Crippen LogP contribution in [0.1, 0.15) is 22.8 Å². The molecule has 0 bridgehead atoms. The Bertz CT molecular complexity index is 581. The Morgan fingerprint density at radius 2 is 1.85 bits per heavy atom. The number of carbonyl (C=O) groups excluding carboxylic acids is 1. The SMILES string of the molecule is CCOC(=O)c1ccccc1SNc1ccc(C)cc1. The summed E-state index contributed by atoms with van der Waals surface area (Å²) in [6.07, 6.45) is 0. The summed E-state index contributed by atoms with van der Waals surface area (Å²) in [6.45, 7) is 4.23. The second-order valence-electron chi connectivity index (χ2n) is 4.29. The van der Waals surface area contributed by atoms with Crippen LogP contribution < -0.4 is 4.72 Å². The number of anilines is 1. The van der Waals surface area contributed by atoms with Gasteiger partial charge in [0.25, 0.3) is 0 Å². The van der Waals surface area contributed by atoms with Crippen molar-refractivity contribution in [2.75, 3.05) is 11.3 Å². The molecule has 104 valence electrons. The molecule has 1 N–H and O–H groups in total. The quantitative estimate of drug-likeness (QED) is 0.657. The summed E-state index contributed by atoms with van der Waals surface area (Å²) in [4.78, 5) is 12.7. The van der Waals surface area contributed by atoms with Crippen molar-refractivity contribution in [2.24, 2.45) is 0 Å². The first kappa shape index (κ1) is 14.5. The number of ether oxygens (including phenoxy) is 1. The highest BCUT2D eigenvalue weighted by Crippen LogP contribution is 2.25. The molecule has 2 aromatic rings. The molecule has 0 unspecified atom stereocenters. The first-order valence-corrected chi connectivity index (χ1v) is 7.28. The zero-order chi connectivity index (χ0) is 14.4. The fourth-order valence-corrected chi connectivity index (χ4v) is 2.44. The van der Waals surface area contributed by atoms with Crippen LogP contribution in [0.15, 0.2) is 53.4 Å². The predicted octanol–water partition coefficient (Wildman–Crippen LogP) is 4.29. The summed E-state index contributed by atoms with van der Waals surface area (Å²) in [6, 6.07) is 15.5. The highest BCUT2D eigenvalue weighted by Gasteiger charge is 2.12. The highest BCUT2D eigenvalue weighted by molar-refractivity contribution is 8.00. The third-order valence-electron chi connectivity index (χ3n) is 2.71. The summed E-state index contributed by atoms with van der Waals surface area (Å²) in [5.74, 6) is -0.290.